The molecule has 5 rings (SSSR count). The van der Waals surface area contributed by atoms with Gasteiger partial charge in [0, 0.05) is 61.8 Å². The molecule has 1 unspecified atom stereocenters. The summed E-state index contributed by atoms with van der Waals surface area (Å²) in [5.74, 6) is 1.30. The van der Waals surface area contributed by atoms with Crippen molar-refractivity contribution in [2.24, 2.45) is 0 Å². The average molecular weight is 572 g/mol. The van der Waals surface area contributed by atoms with E-state index in [1.807, 2.05) is 65.6 Å². The zero-order chi connectivity index (χ0) is 29.5. The lowest BCUT2D eigenvalue weighted by atomic mass is 9.99. The Hall–Kier alpha value is -4.24. The van der Waals surface area contributed by atoms with Crippen LogP contribution in [0.15, 0.2) is 66.7 Å². The predicted octanol–water partition coefficient (Wildman–Crippen LogP) is 5.14. The molecule has 3 aromatic rings. The van der Waals surface area contributed by atoms with Crippen LogP contribution in [0.5, 0.6) is 11.5 Å². The molecule has 0 radical (unpaired) electrons. The predicted molar refractivity (Wildman–Crippen MR) is 166 cm³/mol. The van der Waals surface area contributed by atoms with Crippen molar-refractivity contribution in [3.05, 3.63) is 83.4 Å². The van der Waals surface area contributed by atoms with Gasteiger partial charge in [0.05, 0.1) is 20.3 Å². The number of anilines is 2. The molecule has 9 heteroatoms. The number of ether oxygens (including phenoxy) is 2. The Morgan fingerprint density at radius 3 is 2.40 bits per heavy atom. The Balaban J connectivity index is 1.33. The molecular weight excluding hydrogens is 530 g/mol. The van der Waals surface area contributed by atoms with Gasteiger partial charge >= 0.3 is 6.03 Å². The third-order valence-corrected chi connectivity index (χ3v) is 8.27. The first-order chi connectivity index (χ1) is 20.5. The number of piperazine rings is 1. The van der Waals surface area contributed by atoms with Crippen LogP contribution in [-0.4, -0.2) is 75.2 Å². The number of benzene rings is 3. The van der Waals surface area contributed by atoms with Crippen LogP contribution < -0.4 is 25.0 Å². The SMILES string of the molecule is CCN1CCN(c2cccc3c2CN(C(CCCNC(=O)Nc2ccccc2)c2ccc(OC)c(OC)c2)C3=O)CC1. The molecule has 222 valence electrons. The number of carbonyl (C=O) groups is 2. The highest BCUT2D eigenvalue weighted by molar-refractivity contribution is 6.00. The van der Waals surface area contributed by atoms with Gasteiger partial charge in [0.1, 0.15) is 0 Å². The number of nitrogens with one attached hydrogen (secondary N) is 2. The molecule has 3 amide bonds. The zero-order valence-electron chi connectivity index (χ0n) is 24.8. The Bertz CT molecular complexity index is 1370. The van der Waals surface area contributed by atoms with Crippen LogP contribution in [0.1, 0.15) is 47.3 Å². The second kappa shape index (κ2) is 13.6. The molecule has 3 aromatic carbocycles. The minimum absolute atomic E-state index is 0.0357. The molecule has 0 saturated carbocycles. The van der Waals surface area contributed by atoms with E-state index in [2.05, 4.69) is 33.4 Å². The highest BCUT2D eigenvalue weighted by Crippen LogP contribution is 2.40. The van der Waals surface area contributed by atoms with Crippen LogP contribution in [0.25, 0.3) is 0 Å². The van der Waals surface area contributed by atoms with Gasteiger partial charge in [-0.2, -0.15) is 0 Å². The van der Waals surface area contributed by atoms with Gasteiger partial charge < -0.3 is 34.8 Å². The lowest BCUT2D eigenvalue weighted by molar-refractivity contribution is 0.0689. The molecule has 2 aliphatic rings. The summed E-state index contributed by atoms with van der Waals surface area (Å²) in [6, 6.07) is 20.9. The highest BCUT2D eigenvalue weighted by Gasteiger charge is 2.36. The summed E-state index contributed by atoms with van der Waals surface area (Å²) in [6.07, 6.45) is 1.36. The summed E-state index contributed by atoms with van der Waals surface area (Å²) in [6.45, 7) is 8.23. The summed E-state index contributed by atoms with van der Waals surface area (Å²) < 4.78 is 11.1. The van der Waals surface area contributed by atoms with Crippen molar-refractivity contribution in [2.75, 3.05) is 63.7 Å². The van der Waals surface area contributed by atoms with Gasteiger partial charge in [-0.25, -0.2) is 4.79 Å². The van der Waals surface area contributed by atoms with Crippen LogP contribution in [-0.2, 0) is 6.54 Å². The highest BCUT2D eigenvalue weighted by atomic mass is 16.5. The van der Waals surface area contributed by atoms with Crippen molar-refractivity contribution in [1.29, 1.82) is 0 Å². The molecule has 0 aromatic heterocycles. The molecule has 42 heavy (non-hydrogen) atoms. The first-order valence-electron chi connectivity index (χ1n) is 14.7. The molecule has 0 spiro atoms. The van der Waals surface area contributed by atoms with Crippen LogP contribution >= 0.6 is 0 Å². The summed E-state index contributed by atoms with van der Waals surface area (Å²) >= 11 is 0. The molecule has 1 saturated heterocycles. The van der Waals surface area contributed by atoms with E-state index in [-0.39, 0.29) is 18.0 Å². The monoisotopic (exact) mass is 571 g/mol. The Morgan fingerprint density at radius 2 is 1.69 bits per heavy atom. The number of hydrogen-bond acceptors (Lipinski definition) is 6. The smallest absolute Gasteiger partial charge is 0.319 e. The summed E-state index contributed by atoms with van der Waals surface area (Å²) in [5.41, 5.74) is 4.74. The average Bonchev–Trinajstić information content (AvgIpc) is 3.37. The molecule has 2 aliphatic heterocycles. The first-order valence-corrected chi connectivity index (χ1v) is 14.7. The van der Waals surface area contributed by atoms with Gasteiger partial charge in [-0.05, 0) is 61.3 Å². The standard InChI is InChI=1S/C33H41N5O4/c1-4-36-18-20-37(21-19-36)29-13-8-12-26-27(29)23-38(32(26)39)28(24-15-16-30(41-2)31(22-24)42-3)14-9-17-34-33(40)35-25-10-6-5-7-11-25/h5-8,10-13,15-16,22,28H,4,9,14,17-21,23H2,1-3H3,(H2,34,35,40). The van der Waals surface area contributed by atoms with Crippen molar-refractivity contribution in [1.82, 2.24) is 15.1 Å². The van der Waals surface area contributed by atoms with Crippen LogP contribution in [0.2, 0.25) is 0 Å². The lowest BCUT2D eigenvalue weighted by Gasteiger charge is -2.36. The molecule has 0 bridgehead atoms. The number of rotatable bonds is 11. The van der Waals surface area contributed by atoms with E-state index in [1.54, 1.807) is 14.2 Å². The minimum Gasteiger partial charge on any atom is -0.493 e. The number of hydrogen-bond donors (Lipinski definition) is 2. The van der Waals surface area contributed by atoms with Crippen LogP contribution in [0, 0.1) is 0 Å². The van der Waals surface area contributed by atoms with Crippen LogP contribution in [0.3, 0.4) is 0 Å². The normalized spacial score (nSPS) is 15.7. The topological polar surface area (TPSA) is 86.4 Å². The number of methoxy groups -OCH3 is 2. The van der Waals surface area contributed by atoms with Gasteiger partial charge in [-0.15, -0.1) is 0 Å². The number of amides is 3. The Morgan fingerprint density at radius 1 is 0.929 bits per heavy atom. The lowest BCUT2D eigenvalue weighted by Crippen LogP contribution is -2.46. The third-order valence-electron chi connectivity index (χ3n) is 8.27. The van der Waals surface area contributed by atoms with Gasteiger partial charge in [-0.1, -0.05) is 37.3 Å². The zero-order valence-corrected chi connectivity index (χ0v) is 24.8. The minimum atomic E-state index is -0.249. The molecule has 9 nitrogen and oxygen atoms in total. The van der Waals surface area contributed by atoms with E-state index >= 15 is 0 Å². The second-order valence-corrected chi connectivity index (χ2v) is 10.7. The maximum absolute atomic E-state index is 13.9. The fourth-order valence-corrected chi connectivity index (χ4v) is 5.95. The van der Waals surface area contributed by atoms with Crippen molar-refractivity contribution in [2.45, 2.75) is 32.4 Å². The van der Waals surface area contributed by atoms with Gasteiger partial charge in [0.2, 0.25) is 0 Å². The van der Waals surface area contributed by atoms with Crippen LogP contribution in [0.4, 0.5) is 16.2 Å². The summed E-state index contributed by atoms with van der Waals surface area (Å²) in [7, 11) is 3.23. The molecule has 2 heterocycles. The van der Waals surface area contributed by atoms with E-state index in [9.17, 15) is 9.59 Å². The molecule has 1 fully saturated rings. The third kappa shape index (κ3) is 6.46. The molecule has 2 N–H and O–H groups in total. The summed E-state index contributed by atoms with van der Waals surface area (Å²) in [4.78, 5) is 33.2. The second-order valence-electron chi connectivity index (χ2n) is 10.7. The van der Waals surface area contributed by atoms with E-state index in [0.717, 1.165) is 60.8 Å². The summed E-state index contributed by atoms with van der Waals surface area (Å²) in [5, 5.41) is 5.80. The number of carbonyl (C=O) groups excluding carboxylic acids is 2. The number of para-hydroxylation sites is 1. The van der Waals surface area contributed by atoms with Gasteiger partial charge in [0.15, 0.2) is 11.5 Å². The fourth-order valence-electron chi connectivity index (χ4n) is 5.95. The van der Waals surface area contributed by atoms with E-state index in [4.69, 9.17) is 9.47 Å². The van der Waals surface area contributed by atoms with Crippen molar-refractivity contribution in [3.63, 3.8) is 0 Å². The Labute approximate surface area is 248 Å². The number of fused-ring (bicyclic) bond motifs is 1. The van der Waals surface area contributed by atoms with Gasteiger partial charge in [-0.3, -0.25) is 4.79 Å². The van der Waals surface area contributed by atoms with E-state index < -0.39 is 0 Å². The molecular formula is C33H41N5O4. The quantitative estimate of drug-likeness (QED) is 0.310. The number of nitrogens with zero attached hydrogens (tertiary/aromatic N) is 3. The molecule has 1 atom stereocenters. The maximum atomic E-state index is 13.9. The largest absolute Gasteiger partial charge is 0.493 e. The number of urea groups is 1. The van der Waals surface area contributed by atoms with E-state index in [1.165, 1.54) is 0 Å². The van der Waals surface area contributed by atoms with Crippen molar-refractivity contribution in [3.8, 4) is 11.5 Å². The van der Waals surface area contributed by atoms with E-state index in [0.29, 0.717) is 37.4 Å². The van der Waals surface area contributed by atoms with Gasteiger partial charge in [0.25, 0.3) is 5.91 Å². The Kier molecular flexibility index (Phi) is 9.48. The van der Waals surface area contributed by atoms with Crippen molar-refractivity contribution >= 4 is 23.3 Å². The van der Waals surface area contributed by atoms with Crippen molar-refractivity contribution < 1.29 is 19.1 Å². The number of likely N-dealkylation sites (N-methyl/N-ethyl adjacent to an activating group) is 1. The fraction of sp³-hybridized carbons (Fsp3) is 0.394. The molecule has 0 aliphatic carbocycles. The maximum Gasteiger partial charge on any atom is 0.319 e. The first kappa shape index (κ1) is 29.3.